The van der Waals surface area contributed by atoms with Gasteiger partial charge in [-0.15, -0.1) is 0 Å². The molecule has 2 rings (SSSR count). The molecule has 0 atom stereocenters. The molecule has 0 unspecified atom stereocenters. The number of fused-ring (bicyclic) bond motifs is 1. The normalized spacial score (nSPS) is 10.8. The van der Waals surface area contributed by atoms with Crippen LogP contribution in [0.2, 0.25) is 0 Å². The Labute approximate surface area is 111 Å². The first-order valence-corrected chi connectivity index (χ1v) is 5.93. The van der Waals surface area contributed by atoms with Crippen LogP contribution in [0.5, 0.6) is 0 Å². The summed E-state index contributed by atoms with van der Waals surface area (Å²) in [5, 5.41) is 5.78. The number of thiocarbonyl (C=S) groups is 1. The van der Waals surface area contributed by atoms with E-state index in [2.05, 4.69) is 15.5 Å². The molecule has 92 valence electrons. The molecule has 0 spiro atoms. The van der Waals surface area contributed by atoms with E-state index >= 15 is 0 Å². The summed E-state index contributed by atoms with van der Waals surface area (Å²) in [6.07, 6.45) is 3.50. The minimum Gasteiger partial charge on any atom is -0.354 e. The molecule has 5 heteroatoms. The van der Waals surface area contributed by atoms with Gasteiger partial charge in [0, 0.05) is 31.2 Å². The Kier molecular flexibility index (Phi) is 3.84. The highest BCUT2D eigenvalue weighted by molar-refractivity contribution is 7.80. The van der Waals surface area contributed by atoms with Crippen molar-refractivity contribution in [3.05, 3.63) is 42.1 Å². The molecule has 1 aromatic carbocycles. The Bertz CT molecular complexity index is 587. The predicted molar refractivity (Wildman–Crippen MR) is 78.8 cm³/mol. The van der Waals surface area contributed by atoms with E-state index < -0.39 is 0 Å². The lowest BCUT2D eigenvalue weighted by atomic mass is 10.1. The summed E-state index contributed by atoms with van der Waals surface area (Å²) >= 11 is 5.07. The van der Waals surface area contributed by atoms with Gasteiger partial charge in [0.2, 0.25) is 0 Å². The number of pyridine rings is 1. The van der Waals surface area contributed by atoms with E-state index in [9.17, 15) is 0 Å². The van der Waals surface area contributed by atoms with Crippen LogP contribution in [-0.2, 0) is 0 Å². The molecule has 0 aliphatic rings. The maximum absolute atomic E-state index is 5.07. The van der Waals surface area contributed by atoms with Gasteiger partial charge >= 0.3 is 0 Å². The molecule has 0 saturated carbocycles. The third-order valence-corrected chi connectivity index (χ3v) is 2.89. The smallest absolute Gasteiger partial charge is 0.189 e. The van der Waals surface area contributed by atoms with Crippen molar-refractivity contribution in [3.8, 4) is 0 Å². The second-order valence-electron chi connectivity index (χ2n) is 3.99. The van der Waals surface area contributed by atoms with E-state index in [-0.39, 0.29) is 0 Å². The van der Waals surface area contributed by atoms with Crippen molar-refractivity contribution < 1.29 is 0 Å². The van der Waals surface area contributed by atoms with E-state index in [4.69, 9.17) is 12.2 Å². The maximum atomic E-state index is 5.07. The van der Waals surface area contributed by atoms with Gasteiger partial charge in [-0.25, -0.2) is 0 Å². The van der Waals surface area contributed by atoms with Crippen LogP contribution in [0.4, 0.5) is 0 Å². The van der Waals surface area contributed by atoms with E-state index in [1.54, 1.807) is 17.3 Å². The van der Waals surface area contributed by atoms with Crippen molar-refractivity contribution in [1.82, 2.24) is 15.3 Å². The molecule has 0 saturated heterocycles. The lowest BCUT2D eigenvalue weighted by Crippen LogP contribution is -2.30. The van der Waals surface area contributed by atoms with E-state index in [1.807, 2.05) is 44.4 Å². The number of hydrogen-bond acceptors (Lipinski definition) is 3. The number of hydrazone groups is 1. The van der Waals surface area contributed by atoms with Gasteiger partial charge in [0.25, 0.3) is 0 Å². The number of aromatic nitrogens is 1. The molecule has 0 bridgehead atoms. The van der Waals surface area contributed by atoms with Crippen molar-refractivity contribution in [2.75, 3.05) is 14.1 Å². The summed E-state index contributed by atoms with van der Waals surface area (Å²) < 4.78 is 0. The fourth-order valence-electron chi connectivity index (χ4n) is 1.49. The van der Waals surface area contributed by atoms with Crippen LogP contribution in [0.25, 0.3) is 10.9 Å². The third-order valence-electron chi connectivity index (χ3n) is 2.43. The second kappa shape index (κ2) is 5.55. The highest BCUT2D eigenvalue weighted by Crippen LogP contribution is 2.13. The summed E-state index contributed by atoms with van der Waals surface area (Å²) in [5.74, 6) is 0. The van der Waals surface area contributed by atoms with Gasteiger partial charge in [-0.05, 0) is 18.3 Å². The van der Waals surface area contributed by atoms with Crippen molar-refractivity contribution in [2.24, 2.45) is 5.10 Å². The van der Waals surface area contributed by atoms with Crippen LogP contribution in [0.15, 0.2) is 41.6 Å². The van der Waals surface area contributed by atoms with Crippen LogP contribution < -0.4 is 5.43 Å². The number of para-hydroxylation sites is 1. The molecular formula is C13H14N4S. The number of rotatable bonds is 2. The quantitative estimate of drug-likeness (QED) is 0.508. The first-order chi connectivity index (χ1) is 8.68. The Balaban J connectivity index is 2.22. The highest BCUT2D eigenvalue weighted by atomic mass is 32.1. The highest BCUT2D eigenvalue weighted by Gasteiger charge is 1.99. The van der Waals surface area contributed by atoms with E-state index in [0.29, 0.717) is 5.11 Å². The van der Waals surface area contributed by atoms with Gasteiger partial charge in [-0.1, -0.05) is 24.3 Å². The largest absolute Gasteiger partial charge is 0.354 e. The fourth-order valence-corrected chi connectivity index (χ4v) is 1.54. The molecule has 0 radical (unpaired) electrons. The maximum Gasteiger partial charge on any atom is 0.189 e. The lowest BCUT2D eigenvalue weighted by Gasteiger charge is -2.11. The Morgan fingerprint density at radius 1 is 1.33 bits per heavy atom. The molecule has 1 heterocycles. The van der Waals surface area contributed by atoms with Gasteiger partial charge in [-0.3, -0.25) is 10.4 Å². The molecule has 0 aliphatic carbocycles. The monoisotopic (exact) mass is 258 g/mol. The van der Waals surface area contributed by atoms with E-state index in [1.165, 1.54) is 0 Å². The number of nitrogens with zero attached hydrogens (tertiary/aromatic N) is 3. The van der Waals surface area contributed by atoms with Crippen molar-refractivity contribution >= 4 is 34.4 Å². The van der Waals surface area contributed by atoms with Crippen LogP contribution in [-0.4, -0.2) is 35.3 Å². The Morgan fingerprint density at radius 2 is 2.11 bits per heavy atom. The van der Waals surface area contributed by atoms with Crippen LogP contribution in [0.3, 0.4) is 0 Å². The Morgan fingerprint density at radius 3 is 2.89 bits per heavy atom. The van der Waals surface area contributed by atoms with Crippen LogP contribution in [0.1, 0.15) is 5.56 Å². The van der Waals surface area contributed by atoms with Crippen LogP contribution >= 0.6 is 12.2 Å². The van der Waals surface area contributed by atoms with Gasteiger partial charge in [0.1, 0.15) is 0 Å². The summed E-state index contributed by atoms with van der Waals surface area (Å²) in [6, 6.07) is 9.92. The molecule has 0 amide bonds. The second-order valence-corrected chi connectivity index (χ2v) is 4.38. The molecule has 18 heavy (non-hydrogen) atoms. The first-order valence-electron chi connectivity index (χ1n) is 5.52. The number of hydrogen-bond donors (Lipinski definition) is 1. The molecule has 1 aromatic heterocycles. The van der Waals surface area contributed by atoms with Gasteiger partial charge < -0.3 is 4.90 Å². The zero-order valence-electron chi connectivity index (χ0n) is 10.3. The number of benzene rings is 1. The zero-order chi connectivity index (χ0) is 13.0. The molecular weight excluding hydrogens is 244 g/mol. The van der Waals surface area contributed by atoms with Crippen molar-refractivity contribution in [1.29, 1.82) is 0 Å². The predicted octanol–water partition coefficient (Wildman–Crippen LogP) is 2.00. The Hall–Kier alpha value is -2.01. The molecule has 2 aromatic rings. The van der Waals surface area contributed by atoms with Crippen molar-refractivity contribution in [3.63, 3.8) is 0 Å². The molecule has 1 N–H and O–H groups in total. The van der Waals surface area contributed by atoms with Gasteiger partial charge in [-0.2, -0.15) is 5.10 Å². The van der Waals surface area contributed by atoms with Gasteiger partial charge in [0.15, 0.2) is 5.11 Å². The standard InChI is InChI=1S/C13H14N4S/c1-17(2)13(18)16-15-9-11-6-3-5-10-7-4-8-14-12(10)11/h3-9H,1-2H3,(H,16,18)/b15-9+. The zero-order valence-corrected chi connectivity index (χ0v) is 11.1. The molecule has 0 fully saturated rings. The fraction of sp³-hybridized carbons (Fsp3) is 0.154. The minimum absolute atomic E-state index is 0.569. The van der Waals surface area contributed by atoms with E-state index in [0.717, 1.165) is 16.5 Å². The topological polar surface area (TPSA) is 40.5 Å². The molecule has 4 nitrogen and oxygen atoms in total. The third kappa shape index (κ3) is 2.81. The summed E-state index contributed by atoms with van der Waals surface area (Å²) in [6.45, 7) is 0. The average Bonchev–Trinajstić information content (AvgIpc) is 2.38. The molecule has 0 aliphatic heterocycles. The summed E-state index contributed by atoms with van der Waals surface area (Å²) in [7, 11) is 3.73. The van der Waals surface area contributed by atoms with Gasteiger partial charge in [0.05, 0.1) is 11.7 Å². The summed E-state index contributed by atoms with van der Waals surface area (Å²) in [4.78, 5) is 6.14. The van der Waals surface area contributed by atoms with Crippen molar-refractivity contribution in [2.45, 2.75) is 0 Å². The average molecular weight is 258 g/mol. The first kappa shape index (κ1) is 12.4. The lowest BCUT2D eigenvalue weighted by molar-refractivity contribution is 0.606. The van der Waals surface area contributed by atoms with Crippen LogP contribution in [0, 0.1) is 0 Å². The number of nitrogens with one attached hydrogen (secondary N) is 1. The summed E-state index contributed by atoms with van der Waals surface area (Å²) in [5.41, 5.74) is 4.69. The minimum atomic E-state index is 0.569. The SMILES string of the molecule is CN(C)C(=S)N/N=C/c1cccc2cccnc12.